The Balaban J connectivity index is 1.22. The number of hydrogen-bond acceptors (Lipinski definition) is 8. The van der Waals surface area contributed by atoms with Crippen molar-refractivity contribution < 1.29 is 14.9 Å². The Kier molecular flexibility index (Phi) is 5.71. The number of anilines is 1. The van der Waals surface area contributed by atoms with E-state index in [1.165, 1.54) is 4.80 Å². The topological polar surface area (TPSA) is 108 Å². The van der Waals surface area contributed by atoms with Gasteiger partial charge in [0.15, 0.2) is 0 Å². The molecule has 1 aliphatic carbocycles. The monoisotopic (exact) mass is 494 g/mol. The zero-order chi connectivity index (χ0) is 25.5. The number of hydrogen-bond donors (Lipinski definition) is 3. The summed E-state index contributed by atoms with van der Waals surface area (Å²) < 4.78 is 5.97. The average molecular weight is 495 g/mol. The first kappa shape index (κ1) is 23.0. The Hall–Kier alpha value is -4.47. The highest BCUT2D eigenvalue weighted by Gasteiger charge is 2.27. The van der Waals surface area contributed by atoms with Crippen molar-refractivity contribution in [3.8, 4) is 17.2 Å². The van der Waals surface area contributed by atoms with E-state index in [9.17, 15) is 10.2 Å². The van der Waals surface area contributed by atoms with Crippen molar-refractivity contribution in [3.63, 3.8) is 0 Å². The molecular weight excluding hydrogens is 468 g/mol. The maximum absolute atomic E-state index is 11.0. The number of aromatic hydroxyl groups is 2. The number of phenolic OH excluding ortho intramolecular Hbond substituents is 2. The zero-order valence-electron chi connectivity index (χ0n) is 20.5. The number of hydrazine groups is 1. The second kappa shape index (κ2) is 9.20. The number of rotatable bonds is 6. The number of ether oxygens (including phenoxy) is 1. The fraction of sp³-hybridized carbons (Fsp3) is 0.179. The van der Waals surface area contributed by atoms with Gasteiger partial charge in [-0.05, 0) is 67.4 Å². The molecule has 0 saturated carbocycles. The van der Waals surface area contributed by atoms with E-state index < -0.39 is 0 Å². The van der Waals surface area contributed by atoms with Crippen LogP contribution in [0, 0.1) is 13.8 Å². The maximum Gasteiger partial charge on any atom is 0.148 e. The average Bonchev–Trinajstić information content (AvgIpc) is 3.52. The summed E-state index contributed by atoms with van der Waals surface area (Å²) in [5.74, 6) is 0.150. The first-order chi connectivity index (χ1) is 18.0. The van der Waals surface area contributed by atoms with Crippen LogP contribution in [0.4, 0.5) is 5.69 Å². The fourth-order valence-electron chi connectivity index (χ4n) is 4.57. The third-order valence-corrected chi connectivity index (χ3v) is 6.35. The maximum atomic E-state index is 11.0. The van der Waals surface area contributed by atoms with E-state index in [0.717, 1.165) is 27.9 Å². The number of hydrazone groups is 1. The Morgan fingerprint density at radius 3 is 2.14 bits per heavy atom. The third kappa shape index (κ3) is 4.35. The molecule has 4 aromatic rings. The lowest BCUT2D eigenvalue weighted by atomic mass is 10.1. The molecule has 0 radical (unpaired) electrons. The Bertz CT molecular complexity index is 1570. The van der Waals surface area contributed by atoms with Crippen molar-refractivity contribution in [2.45, 2.75) is 33.1 Å². The molecule has 6 rings (SSSR count). The van der Waals surface area contributed by atoms with Crippen LogP contribution in [0.2, 0.25) is 0 Å². The molecule has 0 amide bonds. The lowest BCUT2D eigenvalue weighted by Gasteiger charge is -2.20. The largest absolute Gasteiger partial charge is 0.505 e. The van der Waals surface area contributed by atoms with Crippen molar-refractivity contribution >= 4 is 22.4 Å². The van der Waals surface area contributed by atoms with Crippen molar-refractivity contribution in [3.05, 3.63) is 95.1 Å². The van der Waals surface area contributed by atoms with Gasteiger partial charge in [0.2, 0.25) is 0 Å². The van der Waals surface area contributed by atoms with Crippen LogP contribution in [-0.2, 0) is 18.0 Å². The Morgan fingerprint density at radius 1 is 0.865 bits per heavy atom. The molecule has 1 atom stereocenters. The SMILES string of the molecule is Cc1cc(COCc2cc(C)cc(-n3nc4ccccc4n3)c2O)c(O)c(N2N=C3C=CC=CC3N2)c1. The van der Waals surface area contributed by atoms with E-state index in [4.69, 9.17) is 4.74 Å². The Morgan fingerprint density at radius 2 is 1.49 bits per heavy atom. The lowest BCUT2D eigenvalue weighted by molar-refractivity contribution is 0.104. The smallest absolute Gasteiger partial charge is 0.148 e. The molecular formula is C28H26N6O3. The van der Waals surface area contributed by atoms with E-state index in [1.54, 1.807) is 5.12 Å². The number of fused-ring (bicyclic) bond motifs is 2. The molecule has 2 heterocycles. The summed E-state index contributed by atoms with van der Waals surface area (Å²) in [5.41, 5.74) is 9.84. The molecule has 1 unspecified atom stereocenters. The van der Waals surface area contributed by atoms with Crippen molar-refractivity contribution in [2.75, 3.05) is 5.12 Å². The quantitative estimate of drug-likeness (QED) is 0.366. The third-order valence-electron chi connectivity index (χ3n) is 6.35. The van der Waals surface area contributed by atoms with Crippen LogP contribution in [0.5, 0.6) is 11.5 Å². The highest BCUT2D eigenvalue weighted by atomic mass is 16.5. The van der Waals surface area contributed by atoms with Crippen molar-refractivity contribution in [2.24, 2.45) is 5.10 Å². The molecule has 9 heteroatoms. The summed E-state index contributed by atoms with van der Waals surface area (Å²) in [4.78, 5) is 1.45. The van der Waals surface area contributed by atoms with Gasteiger partial charge in [-0.3, -0.25) is 0 Å². The number of aromatic nitrogens is 3. The van der Waals surface area contributed by atoms with Gasteiger partial charge in [0.05, 0.1) is 25.0 Å². The number of aryl methyl sites for hydroxylation is 2. The molecule has 0 fully saturated rings. The lowest BCUT2D eigenvalue weighted by Crippen LogP contribution is -2.37. The fourth-order valence-corrected chi connectivity index (χ4v) is 4.57. The van der Waals surface area contributed by atoms with Gasteiger partial charge >= 0.3 is 0 Å². The summed E-state index contributed by atoms with van der Waals surface area (Å²) in [6.45, 7) is 4.20. The first-order valence-corrected chi connectivity index (χ1v) is 12.0. The van der Waals surface area contributed by atoms with Gasteiger partial charge in [0, 0.05) is 11.1 Å². The van der Waals surface area contributed by atoms with Crippen LogP contribution >= 0.6 is 0 Å². The number of phenols is 2. The molecule has 3 N–H and O–H groups in total. The van der Waals surface area contributed by atoms with Gasteiger partial charge < -0.3 is 14.9 Å². The van der Waals surface area contributed by atoms with Crippen LogP contribution in [0.15, 0.2) is 77.9 Å². The number of benzene rings is 3. The molecule has 2 aliphatic rings. The number of nitrogens with zero attached hydrogens (tertiary/aromatic N) is 5. The molecule has 0 saturated heterocycles. The molecule has 1 aromatic heterocycles. The predicted molar refractivity (Wildman–Crippen MR) is 142 cm³/mol. The minimum atomic E-state index is -0.0232. The first-order valence-electron chi connectivity index (χ1n) is 12.0. The van der Waals surface area contributed by atoms with Crippen LogP contribution < -0.4 is 10.5 Å². The van der Waals surface area contributed by atoms with E-state index in [1.807, 2.05) is 86.7 Å². The van der Waals surface area contributed by atoms with E-state index in [2.05, 4.69) is 20.7 Å². The highest BCUT2D eigenvalue weighted by Crippen LogP contribution is 2.35. The zero-order valence-corrected chi connectivity index (χ0v) is 20.5. The summed E-state index contributed by atoms with van der Waals surface area (Å²) in [5, 5.41) is 37.2. The van der Waals surface area contributed by atoms with Crippen molar-refractivity contribution in [1.29, 1.82) is 0 Å². The summed E-state index contributed by atoms with van der Waals surface area (Å²) >= 11 is 0. The molecule has 0 spiro atoms. The van der Waals surface area contributed by atoms with E-state index in [-0.39, 0.29) is 30.8 Å². The van der Waals surface area contributed by atoms with E-state index in [0.29, 0.717) is 22.5 Å². The summed E-state index contributed by atoms with van der Waals surface area (Å²) in [6.07, 6.45) is 7.86. The molecule has 186 valence electrons. The summed E-state index contributed by atoms with van der Waals surface area (Å²) in [7, 11) is 0. The van der Waals surface area contributed by atoms with Crippen LogP contribution in [-0.4, -0.2) is 37.0 Å². The molecule has 3 aromatic carbocycles. The second-order valence-corrected chi connectivity index (χ2v) is 9.24. The molecule has 9 nitrogen and oxygen atoms in total. The van der Waals surface area contributed by atoms with Gasteiger partial charge in [-0.1, -0.05) is 30.4 Å². The minimum Gasteiger partial charge on any atom is -0.505 e. The molecule has 1 aliphatic heterocycles. The summed E-state index contributed by atoms with van der Waals surface area (Å²) in [6, 6.07) is 15.0. The van der Waals surface area contributed by atoms with Gasteiger partial charge in [0.25, 0.3) is 0 Å². The van der Waals surface area contributed by atoms with Crippen molar-refractivity contribution in [1.82, 2.24) is 20.4 Å². The van der Waals surface area contributed by atoms with E-state index >= 15 is 0 Å². The van der Waals surface area contributed by atoms with Gasteiger partial charge in [-0.25, -0.2) is 0 Å². The van der Waals surface area contributed by atoms with Crippen LogP contribution in [0.25, 0.3) is 16.7 Å². The normalized spacial score (nSPS) is 16.4. The van der Waals surface area contributed by atoms with Crippen LogP contribution in [0.1, 0.15) is 22.3 Å². The van der Waals surface area contributed by atoms with Crippen LogP contribution in [0.3, 0.4) is 0 Å². The Labute approximate surface area is 213 Å². The van der Waals surface area contributed by atoms with Gasteiger partial charge in [-0.2, -0.15) is 15.6 Å². The number of allylic oxidation sites excluding steroid dienone is 2. The predicted octanol–water partition coefficient (Wildman–Crippen LogP) is 4.34. The minimum absolute atomic E-state index is 0.0232. The highest BCUT2D eigenvalue weighted by molar-refractivity contribution is 6.04. The molecule has 0 bridgehead atoms. The van der Waals surface area contributed by atoms with Gasteiger partial charge in [-0.15, -0.1) is 15.0 Å². The van der Waals surface area contributed by atoms with Gasteiger partial charge in [0.1, 0.15) is 33.9 Å². The standard InChI is InChI=1S/C28H26N6O3/c1-17-11-19(27(35)25(13-17)33-29-21-7-3-4-8-22(21)30-33)15-37-16-20-12-18(2)14-26(28(20)36)34-31-23-9-5-6-10-24(23)32-34/h3-14,21,29,35-36H,15-16H2,1-2H3. The molecule has 37 heavy (non-hydrogen) atoms. The number of nitrogens with one attached hydrogen (secondary N) is 1. The second-order valence-electron chi connectivity index (χ2n) is 9.24.